The van der Waals surface area contributed by atoms with Crippen molar-refractivity contribution in [2.45, 2.75) is 33.0 Å². The Bertz CT molecular complexity index is 536. The first-order valence-electron chi connectivity index (χ1n) is 6.58. The van der Waals surface area contributed by atoms with Crippen molar-refractivity contribution in [2.75, 3.05) is 6.54 Å². The molecule has 5 heteroatoms. The minimum atomic E-state index is -0.193. The van der Waals surface area contributed by atoms with Gasteiger partial charge in [0.1, 0.15) is 11.9 Å². The van der Waals surface area contributed by atoms with E-state index < -0.39 is 0 Å². The molecule has 0 saturated carbocycles. The Kier molecular flexibility index (Phi) is 4.49. The maximum absolute atomic E-state index is 6.00. The summed E-state index contributed by atoms with van der Waals surface area (Å²) in [5.74, 6) is 0.849. The van der Waals surface area contributed by atoms with Crippen molar-refractivity contribution < 1.29 is 4.74 Å². The van der Waals surface area contributed by atoms with E-state index in [9.17, 15) is 0 Å². The lowest BCUT2D eigenvalue weighted by Gasteiger charge is -2.27. The normalized spacial score (nSPS) is 19.2. The maximum atomic E-state index is 6.00. The fraction of sp³-hybridized carbons (Fsp3) is 0.400. The molecule has 1 aliphatic heterocycles. The molecule has 0 fully saturated rings. The lowest BCUT2D eigenvalue weighted by Crippen LogP contribution is -2.42. The van der Waals surface area contributed by atoms with E-state index in [-0.39, 0.29) is 12.3 Å². The fourth-order valence-electron chi connectivity index (χ4n) is 2.29. The third kappa shape index (κ3) is 3.22. The molecule has 0 amide bonds. The fourth-order valence-corrected chi connectivity index (χ4v) is 2.52. The molecule has 1 heterocycles. The molecule has 106 valence electrons. The molecule has 0 saturated heterocycles. The van der Waals surface area contributed by atoms with Gasteiger partial charge in [-0.2, -0.15) is 5.11 Å². The molecular weight excluding hydrogens is 270 g/mol. The van der Waals surface area contributed by atoms with Crippen LogP contribution in [-0.4, -0.2) is 28.8 Å². The third-order valence-corrected chi connectivity index (χ3v) is 3.41. The predicted octanol–water partition coefficient (Wildman–Crippen LogP) is 3.64. The van der Waals surface area contributed by atoms with E-state index in [1.165, 1.54) is 11.1 Å². The summed E-state index contributed by atoms with van der Waals surface area (Å²) in [7, 11) is 0. The SMILES string of the molecule is C=CCN1C(=S)N=NC1C(C)Oc1cc(C)cc(C)c1. The molecule has 2 atom stereocenters. The quantitative estimate of drug-likeness (QED) is 0.613. The number of hydrogen-bond donors (Lipinski definition) is 0. The van der Waals surface area contributed by atoms with Crippen LogP contribution in [0.1, 0.15) is 18.1 Å². The minimum Gasteiger partial charge on any atom is -0.486 e. The van der Waals surface area contributed by atoms with E-state index >= 15 is 0 Å². The average molecular weight is 289 g/mol. The largest absolute Gasteiger partial charge is 0.486 e. The van der Waals surface area contributed by atoms with E-state index in [2.05, 4.69) is 36.7 Å². The van der Waals surface area contributed by atoms with Gasteiger partial charge >= 0.3 is 0 Å². The van der Waals surface area contributed by atoms with Gasteiger partial charge in [0.05, 0.1) is 0 Å². The molecule has 0 radical (unpaired) electrons. The summed E-state index contributed by atoms with van der Waals surface area (Å²) in [4.78, 5) is 1.91. The molecule has 20 heavy (non-hydrogen) atoms. The molecule has 0 aromatic heterocycles. The van der Waals surface area contributed by atoms with Gasteiger partial charge in [0.15, 0.2) is 6.17 Å². The van der Waals surface area contributed by atoms with E-state index in [1.807, 2.05) is 24.0 Å². The number of aryl methyl sites for hydroxylation is 2. The average Bonchev–Trinajstić information content (AvgIpc) is 2.70. The number of benzene rings is 1. The summed E-state index contributed by atoms with van der Waals surface area (Å²) in [6.45, 7) is 10.4. The Hall–Kier alpha value is -1.75. The highest BCUT2D eigenvalue weighted by atomic mass is 32.1. The molecule has 0 spiro atoms. The van der Waals surface area contributed by atoms with E-state index in [0.29, 0.717) is 11.7 Å². The van der Waals surface area contributed by atoms with Crippen molar-refractivity contribution in [3.8, 4) is 5.75 Å². The molecule has 4 nitrogen and oxygen atoms in total. The van der Waals surface area contributed by atoms with Gasteiger partial charge < -0.3 is 9.64 Å². The second-order valence-electron chi connectivity index (χ2n) is 5.00. The monoisotopic (exact) mass is 289 g/mol. The van der Waals surface area contributed by atoms with Crippen LogP contribution >= 0.6 is 12.2 Å². The van der Waals surface area contributed by atoms with Crippen LogP contribution in [0.15, 0.2) is 41.1 Å². The zero-order valence-corrected chi connectivity index (χ0v) is 12.9. The highest BCUT2D eigenvalue weighted by Crippen LogP contribution is 2.23. The summed E-state index contributed by atoms with van der Waals surface area (Å²) in [5.41, 5.74) is 2.36. The van der Waals surface area contributed by atoms with Crippen LogP contribution < -0.4 is 4.74 Å². The molecule has 2 rings (SSSR count). The Morgan fingerprint density at radius 3 is 2.65 bits per heavy atom. The lowest BCUT2D eigenvalue weighted by atomic mass is 10.1. The van der Waals surface area contributed by atoms with Gasteiger partial charge in [-0.05, 0) is 56.2 Å². The summed E-state index contributed by atoms with van der Waals surface area (Å²) in [6, 6.07) is 6.16. The van der Waals surface area contributed by atoms with E-state index in [4.69, 9.17) is 17.0 Å². The Labute approximate surface area is 125 Å². The second-order valence-corrected chi connectivity index (χ2v) is 5.36. The van der Waals surface area contributed by atoms with Crippen molar-refractivity contribution in [3.05, 3.63) is 42.0 Å². The van der Waals surface area contributed by atoms with Crippen LogP contribution in [0.5, 0.6) is 5.75 Å². The van der Waals surface area contributed by atoms with Crippen LogP contribution in [0.25, 0.3) is 0 Å². The minimum absolute atomic E-state index is 0.139. The topological polar surface area (TPSA) is 37.2 Å². The van der Waals surface area contributed by atoms with Gasteiger partial charge in [-0.25, -0.2) is 0 Å². The second kappa shape index (κ2) is 6.13. The first-order chi connectivity index (χ1) is 9.51. The summed E-state index contributed by atoms with van der Waals surface area (Å²) in [5, 5.41) is 8.66. The molecule has 0 bridgehead atoms. The lowest BCUT2D eigenvalue weighted by molar-refractivity contribution is 0.136. The summed E-state index contributed by atoms with van der Waals surface area (Å²) in [6.07, 6.45) is 1.46. The number of ether oxygens (including phenoxy) is 1. The van der Waals surface area contributed by atoms with Gasteiger partial charge in [-0.3, -0.25) is 0 Å². The van der Waals surface area contributed by atoms with Crippen LogP contribution in [0.4, 0.5) is 0 Å². The zero-order valence-electron chi connectivity index (χ0n) is 12.0. The standard InChI is InChI=1S/C15H19N3OS/c1-5-6-18-14(16-17-15(18)20)12(4)19-13-8-10(2)7-11(3)9-13/h5,7-9,12,14H,1,6H2,2-4H3. The molecule has 1 aliphatic rings. The van der Waals surface area contributed by atoms with Gasteiger partial charge in [-0.15, -0.1) is 11.7 Å². The van der Waals surface area contributed by atoms with Crippen molar-refractivity contribution >= 4 is 17.3 Å². The Morgan fingerprint density at radius 2 is 2.05 bits per heavy atom. The Balaban J connectivity index is 2.11. The van der Waals surface area contributed by atoms with Crippen molar-refractivity contribution in [2.24, 2.45) is 10.2 Å². The van der Waals surface area contributed by atoms with Crippen LogP contribution in [0, 0.1) is 13.8 Å². The zero-order chi connectivity index (χ0) is 14.7. The van der Waals surface area contributed by atoms with E-state index in [0.717, 1.165) is 5.75 Å². The molecule has 0 N–H and O–H groups in total. The van der Waals surface area contributed by atoms with E-state index in [1.54, 1.807) is 6.08 Å². The molecule has 2 unspecified atom stereocenters. The number of azo groups is 1. The van der Waals surface area contributed by atoms with Gasteiger partial charge in [0.2, 0.25) is 5.11 Å². The number of hydrogen-bond acceptors (Lipinski definition) is 3. The number of nitrogens with zero attached hydrogens (tertiary/aromatic N) is 3. The predicted molar refractivity (Wildman–Crippen MR) is 84.2 cm³/mol. The van der Waals surface area contributed by atoms with Crippen LogP contribution in [0.2, 0.25) is 0 Å². The highest BCUT2D eigenvalue weighted by Gasteiger charge is 2.31. The van der Waals surface area contributed by atoms with Crippen molar-refractivity contribution in [3.63, 3.8) is 0 Å². The number of rotatable bonds is 5. The molecule has 0 aliphatic carbocycles. The highest BCUT2D eigenvalue weighted by molar-refractivity contribution is 7.80. The first-order valence-corrected chi connectivity index (χ1v) is 6.99. The molecular formula is C15H19N3OS. The maximum Gasteiger partial charge on any atom is 0.218 e. The Morgan fingerprint density at radius 1 is 1.40 bits per heavy atom. The van der Waals surface area contributed by atoms with Crippen LogP contribution in [0.3, 0.4) is 0 Å². The molecule has 1 aromatic rings. The van der Waals surface area contributed by atoms with Gasteiger partial charge in [0, 0.05) is 6.54 Å². The summed E-state index contributed by atoms with van der Waals surface area (Å²) >= 11 is 5.17. The molecule has 1 aromatic carbocycles. The number of thiocarbonyl (C=S) groups is 1. The summed E-state index contributed by atoms with van der Waals surface area (Å²) < 4.78 is 6.00. The van der Waals surface area contributed by atoms with Crippen molar-refractivity contribution in [1.29, 1.82) is 0 Å². The van der Waals surface area contributed by atoms with Crippen LogP contribution in [-0.2, 0) is 0 Å². The van der Waals surface area contributed by atoms with Gasteiger partial charge in [-0.1, -0.05) is 12.1 Å². The van der Waals surface area contributed by atoms with Gasteiger partial charge in [0.25, 0.3) is 0 Å². The smallest absolute Gasteiger partial charge is 0.218 e. The third-order valence-electron chi connectivity index (χ3n) is 3.09. The first kappa shape index (κ1) is 14.7. The van der Waals surface area contributed by atoms with Crippen molar-refractivity contribution in [1.82, 2.24) is 4.90 Å².